The van der Waals surface area contributed by atoms with E-state index in [1.54, 1.807) is 6.08 Å². The van der Waals surface area contributed by atoms with Crippen LogP contribution in [0, 0.1) is 74.9 Å². The molecule has 0 heterocycles. The summed E-state index contributed by atoms with van der Waals surface area (Å²) in [5.41, 5.74) is -0.129. The smallest absolute Gasteiger partial charge is 0.162 e. The predicted molar refractivity (Wildman–Crippen MR) is 162 cm³/mol. The minimum absolute atomic E-state index is 0.0181. The van der Waals surface area contributed by atoms with Crippen LogP contribution >= 0.6 is 0 Å². The van der Waals surface area contributed by atoms with Crippen molar-refractivity contribution in [2.45, 2.75) is 111 Å². The van der Waals surface area contributed by atoms with E-state index in [-0.39, 0.29) is 57.4 Å². The minimum Gasteiger partial charge on any atom is -0.393 e. The van der Waals surface area contributed by atoms with Crippen LogP contribution < -0.4 is 0 Å². The standard InChI is InChI=1S/C38H50O5/c1-35-15-13-26-22(24(35)9-11-31(35)42)6-5-20-17-21(39)18-28(38(20,26)4)33-27-8-7-23-25-10-12-32(43)37(25,3)19-30(41)34(23)36(27,2)16-14-29(33)40/h14,16,18,20,22-27,30,33-34,41H,5-13,15,17,19H2,1-4H3/t20?,22-,23-,24-,25-,26+,27?,30?,33?,34-,35-,36-,37-,38-/m0/s1. The summed E-state index contributed by atoms with van der Waals surface area (Å²) in [4.78, 5) is 53.7. The Morgan fingerprint density at radius 3 is 2.16 bits per heavy atom. The third-order valence-electron chi connectivity index (χ3n) is 16.1. The molecule has 8 aliphatic rings. The van der Waals surface area contributed by atoms with E-state index in [0.29, 0.717) is 60.9 Å². The van der Waals surface area contributed by atoms with E-state index in [1.165, 1.54) is 0 Å². The van der Waals surface area contributed by atoms with Crippen LogP contribution in [-0.2, 0) is 19.2 Å². The molecule has 0 aliphatic heterocycles. The van der Waals surface area contributed by atoms with Gasteiger partial charge in [-0.2, -0.15) is 0 Å². The van der Waals surface area contributed by atoms with Crippen LogP contribution in [0.5, 0.6) is 0 Å². The molecule has 1 N–H and O–H groups in total. The highest BCUT2D eigenvalue weighted by Gasteiger charge is 2.67. The molecule has 0 aromatic carbocycles. The molecular weight excluding hydrogens is 536 g/mol. The summed E-state index contributed by atoms with van der Waals surface area (Å²) in [6.45, 7) is 8.98. The normalized spacial score (nSPS) is 55.5. The maximum Gasteiger partial charge on any atom is 0.162 e. The van der Waals surface area contributed by atoms with Crippen LogP contribution in [0.4, 0.5) is 0 Å². The maximum atomic E-state index is 14.2. The van der Waals surface area contributed by atoms with Crippen molar-refractivity contribution < 1.29 is 24.3 Å². The number of hydrogen-bond acceptors (Lipinski definition) is 5. The van der Waals surface area contributed by atoms with E-state index in [4.69, 9.17) is 0 Å². The van der Waals surface area contributed by atoms with Crippen molar-refractivity contribution in [1.82, 2.24) is 0 Å². The largest absolute Gasteiger partial charge is 0.393 e. The van der Waals surface area contributed by atoms with Crippen molar-refractivity contribution in [3.8, 4) is 0 Å². The number of rotatable bonds is 1. The summed E-state index contributed by atoms with van der Waals surface area (Å²) in [5.74, 6) is 2.89. The number of Topliss-reactive ketones (excluding diaryl/α,β-unsaturated/α-hetero) is 2. The third-order valence-corrected chi connectivity index (χ3v) is 16.1. The molecule has 0 aromatic heterocycles. The predicted octanol–water partition coefficient (Wildman–Crippen LogP) is 6.47. The topological polar surface area (TPSA) is 88.5 Å². The highest BCUT2D eigenvalue weighted by Crippen LogP contribution is 2.70. The highest BCUT2D eigenvalue weighted by atomic mass is 16.3. The molecular formula is C38H50O5. The Morgan fingerprint density at radius 1 is 0.744 bits per heavy atom. The molecule has 14 atom stereocenters. The third kappa shape index (κ3) is 3.50. The molecule has 5 nitrogen and oxygen atoms in total. The number of aliphatic hydroxyl groups is 1. The van der Waals surface area contributed by atoms with Crippen LogP contribution in [0.3, 0.4) is 0 Å². The fourth-order valence-corrected chi connectivity index (χ4v) is 14.0. The van der Waals surface area contributed by atoms with Gasteiger partial charge in [0.2, 0.25) is 0 Å². The van der Waals surface area contributed by atoms with Gasteiger partial charge in [-0.1, -0.05) is 33.8 Å². The molecule has 0 radical (unpaired) electrons. The molecule has 0 aromatic rings. The number of hydrogen-bond donors (Lipinski definition) is 1. The molecule has 8 rings (SSSR count). The molecule has 0 spiro atoms. The van der Waals surface area contributed by atoms with Crippen molar-refractivity contribution in [3.63, 3.8) is 0 Å². The summed E-state index contributed by atoms with van der Waals surface area (Å²) in [5, 5.41) is 11.8. The Bertz CT molecular complexity index is 1370. The zero-order chi connectivity index (χ0) is 30.3. The van der Waals surface area contributed by atoms with Crippen LogP contribution in [0.25, 0.3) is 0 Å². The van der Waals surface area contributed by atoms with Gasteiger partial charge < -0.3 is 5.11 Å². The molecule has 8 aliphatic carbocycles. The van der Waals surface area contributed by atoms with Gasteiger partial charge >= 0.3 is 0 Å². The van der Waals surface area contributed by atoms with Gasteiger partial charge in [0.15, 0.2) is 11.6 Å². The number of ketones is 4. The van der Waals surface area contributed by atoms with Gasteiger partial charge in [0.1, 0.15) is 11.6 Å². The van der Waals surface area contributed by atoms with Crippen LogP contribution in [0.15, 0.2) is 23.8 Å². The second-order valence-corrected chi connectivity index (χ2v) is 17.3. The first-order valence-electron chi connectivity index (χ1n) is 17.6. The lowest BCUT2D eigenvalue weighted by molar-refractivity contribution is -0.161. The minimum atomic E-state index is -0.570. The Morgan fingerprint density at radius 2 is 1.42 bits per heavy atom. The van der Waals surface area contributed by atoms with Gasteiger partial charge in [0, 0.05) is 36.0 Å². The van der Waals surface area contributed by atoms with Crippen molar-refractivity contribution in [2.75, 3.05) is 0 Å². The zero-order valence-corrected chi connectivity index (χ0v) is 26.6. The van der Waals surface area contributed by atoms with Gasteiger partial charge in [0.05, 0.1) is 6.10 Å². The van der Waals surface area contributed by atoms with Crippen molar-refractivity contribution in [3.05, 3.63) is 23.8 Å². The molecule has 43 heavy (non-hydrogen) atoms. The fourth-order valence-electron chi connectivity index (χ4n) is 14.0. The lowest BCUT2D eigenvalue weighted by atomic mass is 9.40. The van der Waals surface area contributed by atoms with E-state index < -0.39 is 11.5 Å². The van der Waals surface area contributed by atoms with Gasteiger partial charge in [-0.25, -0.2) is 0 Å². The van der Waals surface area contributed by atoms with Crippen LogP contribution in [-0.4, -0.2) is 34.3 Å². The first-order valence-corrected chi connectivity index (χ1v) is 17.6. The monoisotopic (exact) mass is 586 g/mol. The first kappa shape index (κ1) is 28.6. The molecule has 0 amide bonds. The molecule has 0 bridgehead atoms. The Kier molecular flexibility index (Phi) is 6.05. The molecule has 6 fully saturated rings. The number of allylic oxidation sites excluding steroid dienone is 4. The van der Waals surface area contributed by atoms with Gasteiger partial charge in [-0.15, -0.1) is 0 Å². The fraction of sp³-hybridized carbons (Fsp3) is 0.789. The molecule has 6 saturated carbocycles. The van der Waals surface area contributed by atoms with E-state index in [9.17, 15) is 24.3 Å². The van der Waals surface area contributed by atoms with E-state index in [0.717, 1.165) is 56.9 Å². The number of aliphatic hydroxyl groups excluding tert-OH is 1. The van der Waals surface area contributed by atoms with E-state index in [2.05, 4.69) is 33.8 Å². The lowest BCUT2D eigenvalue weighted by Crippen LogP contribution is -2.61. The average molecular weight is 587 g/mol. The van der Waals surface area contributed by atoms with Gasteiger partial charge in [-0.3, -0.25) is 19.2 Å². The van der Waals surface area contributed by atoms with Crippen LogP contribution in [0.1, 0.15) is 105 Å². The van der Waals surface area contributed by atoms with Crippen molar-refractivity contribution >= 4 is 23.1 Å². The summed E-state index contributed by atoms with van der Waals surface area (Å²) in [6, 6.07) is 0. The summed E-state index contributed by atoms with van der Waals surface area (Å²) in [7, 11) is 0. The molecule has 0 saturated heterocycles. The SMILES string of the molecule is C[C@]12C=CC(=O)C(C3=CC(=O)CC4CC[C@@H]5[C@@H](CC[C@]6(C)C(=O)CC[C@@H]56)[C@@]34C)C1CC[C@@H]1[C@H]2C(O)C[C@]2(C)C(=O)CC[C@@H]12. The van der Waals surface area contributed by atoms with E-state index in [1.807, 2.05) is 6.08 Å². The van der Waals surface area contributed by atoms with E-state index >= 15 is 0 Å². The second kappa shape index (κ2) is 9.10. The summed E-state index contributed by atoms with van der Waals surface area (Å²) < 4.78 is 0. The van der Waals surface area contributed by atoms with Gasteiger partial charge in [0.25, 0.3) is 0 Å². The number of carbonyl (C=O) groups excluding carboxylic acids is 4. The highest BCUT2D eigenvalue weighted by molar-refractivity contribution is 5.99. The van der Waals surface area contributed by atoms with Gasteiger partial charge in [-0.05, 0) is 134 Å². The lowest BCUT2D eigenvalue weighted by Gasteiger charge is -2.63. The summed E-state index contributed by atoms with van der Waals surface area (Å²) >= 11 is 0. The molecule has 4 unspecified atom stereocenters. The Hall–Kier alpha value is -1.88. The van der Waals surface area contributed by atoms with Crippen LogP contribution in [0.2, 0.25) is 0 Å². The summed E-state index contributed by atoms with van der Waals surface area (Å²) in [6.07, 6.45) is 15.4. The Labute approximate surface area is 256 Å². The Balaban J connectivity index is 1.19. The number of fused-ring (bicyclic) bond motifs is 10. The van der Waals surface area contributed by atoms with Crippen molar-refractivity contribution in [2.24, 2.45) is 74.9 Å². The molecule has 232 valence electrons. The number of carbonyl (C=O) groups is 4. The zero-order valence-electron chi connectivity index (χ0n) is 26.6. The van der Waals surface area contributed by atoms with Crippen molar-refractivity contribution in [1.29, 1.82) is 0 Å². The quantitative estimate of drug-likeness (QED) is 0.381. The average Bonchev–Trinajstić information content (AvgIpc) is 3.43. The molecule has 5 heteroatoms. The maximum absolute atomic E-state index is 14.2. The first-order chi connectivity index (χ1) is 20.3. The second-order valence-electron chi connectivity index (χ2n) is 17.3.